The van der Waals surface area contributed by atoms with Gasteiger partial charge in [-0.1, -0.05) is 11.6 Å². The fraction of sp³-hybridized carbons (Fsp3) is 0.417. The molecule has 17 heavy (non-hydrogen) atoms. The lowest BCUT2D eigenvalue weighted by Crippen LogP contribution is -2.49. The van der Waals surface area contributed by atoms with Gasteiger partial charge in [0.1, 0.15) is 0 Å². The van der Waals surface area contributed by atoms with E-state index in [4.69, 9.17) is 17.3 Å². The van der Waals surface area contributed by atoms with E-state index in [1.807, 2.05) is 6.07 Å². The molecule has 1 aromatic carbocycles. The monoisotopic (exact) mass is 253 g/mol. The Morgan fingerprint density at radius 3 is 3.00 bits per heavy atom. The molecule has 4 nitrogen and oxygen atoms in total. The van der Waals surface area contributed by atoms with Crippen molar-refractivity contribution in [2.45, 2.75) is 13.0 Å². The molecule has 1 unspecified atom stereocenters. The topological polar surface area (TPSA) is 58.4 Å². The Hall–Kier alpha value is -1.26. The number of rotatable bonds is 2. The number of anilines is 1. The van der Waals surface area contributed by atoms with Gasteiger partial charge in [0.2, 0.25) is 0 Å². The zero-order valence-electron chi connectivity index (χ0n) is 9.74. The summed E-state index contributed by atoms with van der Waals surface area (Å²) in [5.41, 5.74) is 6.75. The van der Waals surface area contributed by atoms with Crippen LogP contribution in [0.3, 0.4) is 0 Å². The van der Waals surface area contributed by atoms with Crippen LogP contribution in [0.1, 0.15) is 17.3 Å². The molecule has 0 radical (unpaired) electrons. The Morgan fingerprint density at radius 1 is 1.59 bits per heavy atom. The van der Waals surface area contributed by atoms with Crippen LogP contribution >= 0.6 is 11.6 Å². The van der Waals surface area contributed by atoms with Gasteiger partial charge in [0.15, 0.2) is 0 Å². The van der Waals surface area contributed by atoms with E-state index in [-0.39, 0.29) is 0 Å². The number of benzene rings is 1. The summed E-state index contributed by atoms with van der Waals surface area (Å²) in [6.45, 7) is 4.75. The average Bonchev–Trinajstić information content (AvgIpc) is 2.28. The van der Waals surface area contributed by atoms with E-state index >= 15 is 0 Å². The molecule has 1 aliphatic rings. The summed E-state index contributed by atoms with van der Waals surface area (Å²) in [6.07, 6.45) is 0. The van der Waals surface area contributed by atoms with Gasteiger partial charge in [-0.3, -0.25) is 4.79 Å². The standard InChI is InChI=1S/C12H16ClN3O/c1-8-7-16(5-4-15-8)11-3-2-9(13)6-10(11)12(14)17/h2-3,6,8,15H,4-5,7H2,1H3,(H2,14,17). The number of amides is 1. The lowest BCUT2D eigenvalue weighted by molar-refractivity contribution is 0.100. The third-order valence-corrected chi connectivity index (χ3v) is 3.17. The number of nitrogens with two attached hydrogens (primary N) is 1. The van der Waals surface area contributed by atoms with Gasteiger partial charge in [0.05, 0.1) is 5.56 Å². The molecule has 0 aromatic heterocycles. The highest BCUT2D eigenvalue weighted by Gasteiger charge is 2.20. The minimum absolute atomic E-state index is 0.403. The Kier molecular flexibility index (Phi) is 3.54. The molecule has 0 spiro atoms. The number of hydrogen-bond acceptors (Lipinski definition) is 3. The van der Waals surface area contributed by atoms with E-state index in [1.54, 1.807) is 12.1 Å². The molecule has 3 N–H and O–H groups in total. The van der Waals surface area contributed by atoms with E-state index in [2.05, 4.69) is 17.1 Å². The summed E-state index contributed by atoms with van der Waals surface area (Å²) < 4.78 is 0. The third kappa shape index (κ3) is 2.70. The van der Waals surface area contributed by atoms with Crippen LogP contribution in [0.5, 0.6) is 0 Å². The fourth-order valence-corrected chi connectivity index (χ4v) is 2.30. The first-order chi connectivity index (χ1) is 8.08. The van der Waals surface area contributed by atoms with Crippen LogP contribution in [0.25, 0.3) is 0 Å². The number of carbonyl (C=O) groups excluding carboxylic acids is 1. The van der Waals surface area contributed by atoms with Crippen molar-refractivity contribution in [1.29, 1.82) is 0 Å². The number of carbonyl (C=O) groups is 1. The second-order valence-electron chi connectivity index (χ2n) is 4.33. The SMILES string of the molecule is CC1CN(c2ccc(Cl)cc2C(N)=O)CCN1. The number of halogens is 1. The molecular formula is C12H16ClN3O. The zero-order valence-corrected chi connectivity index (χ0v) is 10.5. The van der Waals surface area contributed by atoms with Crippen molar-refractivity contribution in [2.75, 3.05) is 24.5 Å². The van der Waals surface area contributed by atoms with Crippen LogP contribution in [0.15, 0.2) is 18.2 Å². The Morgan fingerprint density at radius 2 is 2.35 bits per heavy atom. The summed E-state index contributed by atoms with van der Waals surface area (Å²) in [5.74, 6) is -0.436. The quantitative estimate of drug-likeness (QED) is 0.834. The summed E-state index contributed by atoms with van der Waals surface area (Å²) >= 11 is 5.89. The zero-order chi connectivity index (χ0) is 12.4. The third-order valence-electron chi connectivity index (χ3n) is 2.93. The summed E-state index contributed by atoms with van der Waals surface area (Å²) in [7, 11) is 0. The van der Waals surface area contributed by atoms with Gasteiger partial charge in [-0.2, -0.15) is 0 Å². The molecule has 1 atom stereocenters. The Labute approximate surface area is 106 Å². The van der Waals surface area contributed by atoms with E-state index in [1.165, 1.54) is 0 Å². The molecule has 5 heteroatoms. The first-order valence-corrected chi connectivity index (χ1v) is 6.03. The molecule has 2 rings (SSSR count). The molecule has 92 valence electrons. The van der Waals surface area contributed by atoms with Gasteiger partial charge in [-0.15, -0.1) is 0 Å². The highest BCUT2D eigenvalue weighted by atomic mass is 35.5. The number of hydrogen-bond donors (Lipinski definition) is 2. The highest BCUT2D eigenvalue weighted by molar-refractivity contribution is 6.31. The second-order valence-corrected chi connectivity index (χ2v) is 4.76. The molecule has 1 saturated heterocycles. The summed E-state index contributed by atoms with van der Waals surface area (Å²) in [6, 6.07) is 5.68. The van der Waals surface area contributed by atoms with Crippen LogP contribution in [-0.2, 0) is 0 Å². The molecule has 1 aliphatic heterocycles. The Bertz CT molecular complexity index is 436. The molecular weight excluding hydrogens is 238 g/mol. The van der Waals surface area contributed by atoms with Crippen LogP contribution in [0.2, 0.25) is 5.02 Å². The van der Waals surface area contributed by atoms with Gasteiger partial charge in [-0.25, -0.2) is 0 Å². The lowest BCUT2D eigenvalue weighted by atomic mass is 10.1. The first kappa shape index (κ1) is 12.2. The summed E-state index contributed by atoms with van der Waals surface area (Å²) in [5, 5.41) is 3.89. The number of piperazine rings is 1. The van der Waals surface area contributed by atoms with Crippen LogP contribution < -0.4 is 16.0 Å². The van der Waals surface area contributed by atoms with Crippen molar-refractivity contribution in [3.05, 3.63) is 28.8 Å². The number of primary amides is 1. The largest absolute Gasteiger partial charge is 0.368 e. The van der Waals surface area contributed by atoms with E-state index in [0.29, 0.717) is 16.6 Å². The van der Waals surface area contributed by atoms with Crippen molar-refractivity contribution < 1.29 is 4.79 Å². The smallest absolute Gasteiger partial charge is 0.250 e. The number of nitrogens with one attached hydrogen (secondary N) is 1. The molecule has 1 amide bonds. The summed E-state index contributed by atoms with van der Waals surface area (Å²) in [4.78, 5) is 13.6. The van der Waals surface area contributed by atoms with Gasteiger partial charge in [-0.05, 0) is 25.1 Å². The normalized spacial score (nSPS) is 20.4. The van der Waals surface area contributed by atoms with Gasteiger partial charge >= 0.3 is 0 Å². The highest BCUT2D eigenvalue weighted by Crippen LogP contribution is 2.25. The van der Waals surface area contributed by atoms with E-state index < -0.39 is 5.91 Å². The van der Waals surface area contributed by atoms with Crippen LogP contribution in [0, 0.1) is 0 Å². The lowest BCUT2D eigenvalue weighted by Gasteiger charge is -2.34. The van der Waals surface area contributed by atoms with E-state index in [9.17, 15) is 4.79 Å². The first-order valence-electron chi connectivity index (χ1n) is 5.65. The second kappa shape index (κ2) is 4.94. The predicted molar refractivity (Wildman–Crippen MR) is 69.6 cm³/mol. The minimum Gasteiger partial charge on any atom is -0.368 e. The molecule has 1 aromatic rings. The van der Waals surface area contributed by atoms with Gasteiger partial charge in [0.25, 0.3) is 5.91 Å². The van der Waals surface area contributed by atoms with Gasteiger partial charge in [0, 0.05) is 36.4 Å². The molecule has 1 fully saturated rings. The number of nitrogens with zero attached hydrogens (tertiary/aromatic N) is 1. The minimum atomic E-state index is -0.436. The van der Waals surface area contributed by atoms with Crippen molar-refractivity contribution in [3.63, 3.8) is 0 Å². The van der Waals surface area contributed by atoms with Crippen molar-refractivity contribution in [1.82, 2.24) is 5.32 Å². The van der Waals surface area contributed by atoms with Crippen molar-refractivity contribution >= 4 is 23.2 Å². The van der Waals surface area contributed by atoms with Gasteiger partial charge < -0.3 is 16.0 Å². The maximum atomic E-state index is 11.4. The van der Waals surface area contributed by atoms with Crippen molar-refractivity contribution in [2.24, 2.45) is 5.73 Å². The molecule has 0 aliphatic carbocycles. The van der Waals surface area contributed by atoms with E-state index in [0.717, 1.165) is 25.3 Å². The maximum Gasteiger partial charge on any atom is 0.250 e. The fourth-order valence-electron chi connectivity index (χ4n) is 2.13. The van der Waals surface area contributed by atoms with Crippen LogP contribution in [-0.4, -0.2) is 31.6 Å². The average molecular weight is 254 g/mol. The molecule has 0 saturated carbocycles. The maximum absolute atomic E-state index is 11.4. The Balaban J connectivity index is 2.33. The van der Waals surface area contributed by atoms with Crippen molar-refractivity contribution in [3.8, 4) is 0 Å². The molecule has 1 heterocycles. The molecule has 0 bridgehead atoms. The predicted octanol–water partition coefficient (Wildman–Crippen LogP) is 1.24. The van der Waals surface area contributed by atoms with Crippen LogP contribution in [0.4, 0.5) is 5.69 Å².